The van der Waals surface area contributed by atoms with Gasteiger partial charge in [0.1, 0.15) is 11.6 Å². The molecule has 0 aromatic carbocycles. The van der Waals surface area contributed by atoms with Crippen LogP contribution in [0.15, 0.2) is 6.20 Å². The maximum absolute atomic E-state index is 13.6. The summed E-state index contributed by atoms with van der Waals surface area (Å²) in [7, 11) is 0. The zero-order valence-electron chi connectivity index (χ0n) is 8.71. The molecule has 0 saturated heterocycles. The van der Waals surface area contributed by atoms with Crippen molar-refractivity contribution in [3.8, 4) is 6.07 Å². The van der Waals surface area contributed by atoms with Crippen LogP contribution in [0.1, 0.15) is 35.0 Å². The Labute approximate surface area is 94.6 Å². The van der Waals surface area contributed by atoms with Gasteiger partial charge in [0.15, 0.2) is 11.5 Å². The van der Waals surface area contributed by atoms with Crippen LogP contribution < -0.4 is 0 Å². The van der Waals surface area contributed by atoms with Crippen molar-refractivity contribution < 1.29 is 22.7 Å². The Morgan fingerprint density at radius 2 is 2.29 bits per heavy atom. The van der Waals surface area contributed by atoms with Crippen LogP contribution in [0.2, 0.25) is 0 Å². The number of halogens is 3. The molecule has 7 heteroatoms. The number of rotatable bonds is 3. The number of hydrogen-bond acceptors (Lipinski definition) is 4. The first-order chi connectivity index (χ1) is 8.02. The average molecular weight is 244 g/mol. The van der Waals surface area contributed by atoms with Gasteiger partial charge in [-0.2, -0.15) is 5.26 Å². The molecule has 0 unspecified atom stereocenters. The predicted octanol–water partition coefficient (Wildman–Crippen LogP) is 2.21. The highest BCUT2D eigenvalue weighted by molar-refractivity contribution is 5.89. The molecule has 90 valence electrons. The molecule has 0 spiro atoms. The minimum absolute atomic E-state index is 0.0255. The minimum atomic E-state index is -3.23. The smallest absolute Gasteiger partial charge is 0.342 e. The second-order valence-corrected chi connectivity index (χ2v) is 2.88. The molecule has 0 aliphatic carbocycles. The summed E-state index contributed by atoms with van der Waals surface area (Å²) in [6.07, 6.45) is -2.52. The molecule has 0 aliphatic rings. The number of ether oxygens (including phenoxy) is 1. The second kappa shape index (κ2) is 5.30. The molecule has 0 bridgehead atoms. The molecule has 1 heterocycles. The molecule has 1 rings (SSSR count). The Balaban J connectivity index is 3.34. The zero-order valence-corrected chi connectivity index (χ0v) is 8.71. The lowest BCUT2D eigenvalue weighted by Crippen LogP contribution is -2.11. The molecule has 17 heavy (non-hydrogen) atoms. The van der Waals surface area contributed by atoms with Crippen LogP contribution in [0.4, 0.5) is 13.2 Å². The van der Waals surface area contributed by atoms with E-state index in [1.807, 2.05) is 0 Å². The molecule has 0 amide bonds. The highest BCUT2D eigenvalue weighted by Gasteiger charge is 2.26. The lowest BCUT2D eigenvalue weighted by Gasteiger charge is -2.07. The topological polar surface area (TPSA) is 63.0 Å². The largest absolute Gasteiger partial charge is 0.462 e. The summed E-state index contributed by atoms with van der Waals surface area (Å²) >= 11 is 0. The predicted molar refractivity (Wildman–Crippen MR) is 49.8 cm³/mol. The van der Waals surface area contributed by atoms with Gasteiger partial charge in [-0.15, -0.1) is 0 Å². The van der Waals surface area contributed by atoms with Crippen LogP contribution in [0, 0.1) is 17.1 Å². The minimum Gasteiger partial charge on any atom is -0.462 e. The van der Waals surface area contributed by atoms with Gasteiger partial charge in [0, 0.05) is 6.20 Å². The fourth-order valence-corrected chi connectivity index (χ4v) is 1.14. The molecule has 0 atom stereocenters. The third-order valence-electron chi connectivity index (χ3n) is 1.87. The van der Waals surface area contributed by atoms with Crippen LogP contribution in [0.3, 0.4) is 0 Å². The lowest BCUT2D eigenvalue weighted by atomic mass is 10.1. The first-order valence-corrected chi connectivity index (χ1v) is 4.56. The number of pyridine rings is 1. The standard InChI is InChI=1S/C10H7F3N2O2/c1-2-17-10(16)5-4-15-6(3-14)7(8(5)11)9(12)13/h4,9H,2H2,1H3. The number of aromatic nitrogens is 1. The number of alkyl halides is 2. The SMILES string of the molecule is CCOC(=O)c1cnc(C#N)c(C(F)F)c1F. The fraction of sp³-hybridized carbons (Fsp3) is 0.300. The van der Waals surface area contributed by atoms with Gasteiger partial charge < -0.3 is 4.74 Å². The van der Waals surface area contributed by atoms with Gasteiger partial charge in [-0.25, -0.2) is 22.9 Å². The van der Waals surface area contributed by atoms with Crippen molar-refractivity contribution in [3.63, 3.8) is 0 Å². The number of hydrogen-bond donors (Lipinski definition) is 0. The van der Waals surface area contributed by atoms with E-state index >= 15 is 0 Å². The van der Waals surface area contributed by atoms with E-state index in [-0.39, 0.29) is 6.61 Å². The van der Waals surface area contributed by atoms with Crippen molar-refractivity contribution >= 4 is 5.97 Å². The second-order valence-electron chi connectivity index (χ2n) is 2.88. The maximum atomic E-state index is 13.6. The first-order valence-electron chi connectivity index (χ1n) is 4.56. The van der Waals surface area contributed by atoms with Gasteiger partial charge in [-0.3, -0.25) is 0 Å². The normalized spacial score (nSPS) is 10.1. The van der Waals surface area contributed by atoms with E-state index in [9.17, 15) is 18.0 Å². The Morgan fingerprint density at radius 3 is 2.76 bits per heavy atom. The van der Waals surface area contributed by atoms with Crippen molar-refractivity contribution in [3.05, 3.63) is 28.8 Å². The van der Waals surface area contributed by atoms with E-state index in [1.54, 1.807) is 0 Å². The van der Waals surface area contributed by atoms with Gasteiger partial charge in [-0.1, -0.05) is 0 Å². The molecule has 4 nitrogen and oxygen atoms in total. The van der Waals surface area contributed by atoms with E-state index in [1.165, 1.54) is 13.0 Å². The van der Waals surface area contributed by atoms with Crippen LogP contribution in [0.5, 0.6) is 0 Å². The number of carbonyl (C=O) groups excluding carboxylic acids is 1. The van der Waals surface area contributed by atoms with E-state index in [0.29, 0.717) is 6.20 Å². The van der Waals surface area contributed by atoms with Gasteiger partial charge in [0.05, 0.1) is 12.2 Å². The summed E-state index contributed by atoms with van der Waals surface area (Å²) in [5.74, 6) is -2.56. The van der Waals surface area contributed by atoms with Crippen molar-refractivity contribution in [2.24, 2.45) is 0 Å². The van der Waals surface area contributed by atoms with Gasteiger partial charge in [0.2, 0.25) is 0 Å². The third-order valence-corrected chi connectivity index (χ3v) is 1.87. The Hall–Kier alpha value is -2.10. The molecule has 0 saturated carbocycles. The summed E-state index contributed by atoms with van der Waals surface area (Å²) in [5.41, 5.74) is -2.63. The van der Waals surface area contributed by atoms with E-state index in [0.717, 1.165) is 0 Å². The first kappa shape index (κ1) is 13.0. The van der Waals surface area contributed by atoms with Gasteiger partial charge >= 0.3 is 5.97 Å². The van der Waals surface area contributed by atoms with Gasteiger partial charge in [0.25, 0.3) is 6.43 Å². The van der Waals surface area contributed by atoms with E-state index in [2.05, 4.69) is 9.72 Å². The van der Waals surface area contributed by atoms with Gasteiger partial charge in [-0.05, 0) is 6.92 Å². The summed E-state index contributed by atoms with van der Waals surface area (Å²) in [6.45, 7) is 1.46. The van der Waals surface area contributed by atoms with E-state index in [4.69, 9.17) is 5.26 Å². The van der Waals surface area contributed by atoms with Crippen LogP contribution in [0.25, 0.3) is 0 Å². The summed E-state index contributed by atoms with van der Waals surface area (Å²) in [5, 5.41) is 8.50. The maximum Gasteiger partial charge on any atom is 0.342 e. The fourth-order valence-electron chi connectivity index (χ4n) is 1.14. The summed E-state index contributed by atoms with van der Waals surface area (Å²) in [6, 6.07) is 1.33. The summed E-state index contributed by atoms with van der Waals surface area (Å²) < 4.78 is 43.1. The van der Waals surface area contributed by atoms with Crippen molar-refractivity contribution in [2.45, 2.75) is 13.3 Å². The molecular formula is C10H7F3N2O2. The number of nitrogens with zero attached hydrogens (tertiary/aromatic N) is 2. The zero-order chi connectivity index (χ0) is 13.0. The number of nitriles is 1. The van der Waals surface area contributed by atoms with Crippen molar-refractivity contribution in [2.75, 3.05) is 6.61 Å². The molecule has 1 aromatic heterocycles. The highest BCUT2D eigenvalue weighted by atomic mass is 19.3. The van der Waals surface area contributed by atoms with E-state index < -0.39 is 35.0 Å². The highest BCUT2D eigenvalue weighted by Crippen LogP contribution is 2.26. The molecule has 0 aliphatic heterocycles. The molecule has 0 radical (unpaired) electrons. The van der Waals surface area contributed by atoms with Crippen LogP contribution in [-0.2, 0) is 4.74 Å². The monoisotopic (exact) mass is 244 g/mol. The Bertz CT molecular complexity index is 483. The molecular weight excluding hydrogens is 237 g/mol. The summed E-state index contributed by atoms with van der Waals surface area (Å²) in [4.78, 5) is 14.5. The molecule has 0 N–H and O–H groups in total. The Morgan fingerprint density at radius 1 is 1.65 bits per heavy atom. The van der Waals surface area contributed by atoms with Crippen LogP contribution >= 0.6 is 0 Å². The molecule has 1 aromatic rings. The van der Waals surface area contributed by atoms with Crippen molar-refractivity contribution in [1.82, 2.24) is 4.98 Å². The molecule has 0 fully saturated rings. The average Bonchev–Trinajstić information content (AvgIpc) is 2.27. The van der Waals surface area contributed by atoms with Crippen molar-refractivity contribution in [1.29, 1.82) is 5.26 Å². The lowest BCUT2D eigenvalue weighted by molar-refractivity contribution is 0.0519. The quantitative estimate of drug-likeness (QED) is 0.764. The van der Waals surface area contributed by atoms with Crippen LogP contribution in [-0.4, -0.2) is 17.6 Å². The Kier molecular flexibility index (Phi) is 4.04. The number of carbonyl (C=O) groups is 1. The third kappa shape index (κ3) is 2.53. The number of esters is 1.